The van der Waals surface area contributed by atoms with Crippen molar-refractivity contribution in [2.45, 2.75) is 0 Å². The van der Waals surface area contributed by atoms with E-state index in [-0.39, 0.29) is 16.3 Å². The third-order valence-corrected chi connectivity index (χ3v) is 3.18. The molecule has 0 aliphatic rings. The molecule has 0 amide bonds. The summed E-state index contributed by atoms with van der Waals surface area (Å²) in [6, 6.07) is 7.75. The zero-order chi connectivity index (χ0) is 13.6. The van der Waals surface area contributed by atoms with Gasteiger partial charge in [-0.2, -0.15) is 0 Å². The first kappa shape index (κ1) is 12.1. The number of hydrogen-bond acceptors (Lipinski definition) is 0. The lowest BCUT2D eigenvalue weighted by Crippen LogP contribution is -1.89. The average Bonchev–Trinajstić information content (AvgIpc) is 2.72. The van der Waals surface area contributed by atoms with Gasteiger partial charge in [0.05, 0.1) is 16.3 Å². The minimum atomic E-state index is -0.682. The number of fused-ring (bicyclic) bond motifs is 1. The summed E-state index contributed by atoms with van der Waals surface area (Å²) in [6.07, 6.45) is 0. The largest absolute Gasteiger partial charge is 0.354 e. The van der Waals surface area contributed by atoms with Gasteiger partial charge in [0.2, 0.25) is 0 Å². The van der Waals surface area contributed by atoms with Gasteiger partial charge >= 0.3 is 0 Å². The molecule has 1 nitrogen and oxygen atoms in total. The van der Waals surface area contributed by atoms with Crippen molar-refractivity contribution < 1.29 is 13.2 Å². The lowest BCUT2D eigenvalue weighted by Gasteiger charge is -2.01. The van der Waals surface area contributed by atoms with Gasteiger partial charge in [-0.25, -0.2) is 13.2 Å². The van der Waals surface area contributed by atoms with Crippen molar-refractivity contribution in [2.24, 2.45) is 0 Å². The van der Waals surface area contributed by atoms with Crippen LogP contribution in [0.5, 0.6) is 0 Å². The maximum atomic E-state index is 13.7. The van der Waals surface area contributed by atoms with E-state index in [2.05, 4.69) is 4.98 Å². The minimum Gasteiger partial charge on any atom is -0.354 e. The van der Waals surface area contributed by atoms with Crippen molar-refractivity contribution in [3.05, 3.63) is 58.9 Å². The van der Waals surface area contributed by atoms with Crippen molar-refractivity contribution >= 4 is 22.5 Å². The van der Waals surface area contributed by atoms with E-state index in [4.69, 9.17) is 11.6 Å². The second-order valence-corrected chi connectivity index (χ2v) is 4.54. The Morgan fingerprint density at radius 2 is 1.58 bits per heavy atom. The molecule has 0 spiro atoms. The monoisotopic (exact) mass is 281 g/mol. The van der Waals surface area contributed by atoms with E-state index < -0.39 is 17.5 Å². The Morgan fingerprint density at radius 1 is 0.895 bits per heavy atom. The highest BCUT2D eigenvalue weighted by Crippen LogP contribution is 2.30. The minimum absolute atomic E-state index is 0.0351. The standard InChI is InChI=1S/C14H7ClF3N/c15-8-4-7-5-13(19-12(7)6-11(8)18)14-9(16)2-1-3-10(14)17/h1-6,19H. The van der Waals surface area contributed by atoms with Gasteiger partial charge in [0.1, 0.15) is 17.5 Å². The summed E-state index contributed by atoms with van der Waals surface area (Å²) in [4.78, 5) is 2.78. The Kier molecular flexibility index (Phi) is 2.75. The molecular formula is C14H7ClF3N. The van der Waals surface area contributed by atoms with Crippen LogP contribution in [-0.2, 0) is 0 Å². The van der Waals surface area contributed by atoms with Crippen LogP contribution in [0.4, 0.5) is 13.2 Å². The molecule has 0 bridgehead atoms. The summed E-state index contributed by atoms with van der Waals surface area (Å²) < 4.78 is 40.6. The van der Waals surface area contributed by atoms with E-state index in [0.717, 1.165) is 12.1 Å². The summed E-state index contributed by atoms with van der Waals surface area (Å²) in [6.45, 7) is 0. The Balaban J connectivity index is 2.26. The first-order valence-corrected chi connectivity index (χ1v) is 5.86. The summed E-state index contributed by atoms with van der Waals surface area (Å²) in [5.74, 6) is -1.95. The summed E-state index contributed by atoms with van der Waals surface area (Å²) in [7, 11) is 0. The number of halogens is 4. The topological polar surface area (TPSA) is 15.8 Å². The van der Waals surface area contributed by atoms with Gasteiger partial charge in [-0.3, -0.25) is 0 Å². The quantitative estimate of drug-likeness (QED) is 0.652. The van der Waals surface area contributed by atoms with E-state index in [9.17, 15) is 13.2 Å². The SMILES string of the molecule is Fc1cc2[nH]c(-c3c(F)cccc3F)cc2cc1Cl. The number of benzene rings is 2. The van der Waals surface area contributed by atoms with Crippen molar-refractivity contribution in [2.75, 3.05) is 0 Å². The smallest absolute Gasteiger partial charge is 0.143 e. The number of nitrogens with one attached hydrogen (secondary N) is 1. The Hall–Kier alpha value is -1.94. The van der Waals surface area contributed by atoms with Crippen LogP contribution in [0.1, 0.15) is 0 Å². The van der Waals surface area contributed by atoms with Crippen LogP contribution in [0.2, 0.25) is 5.02 Å². The molecule has 0 radical (unpaired) electrons. The Labute approximate surface area is 111 Å². The summed E-state index contributed by atoms with van der Waals surface area (Å²) in [5.41, 5.74) is 0.502. The van der Waals surface area contributed by atoms with Gasteiger partial charge < -0.3 is 4.98 Å². The van der Waals surface area contributed by atoms with Gasteiger partial charge in [-0.05, 0) is 30.3 Å². The second-order valence-electron chi connectivity index (χ2n) is 4.13. The third-order valence-electron chi connectivity index (χ3n) is 2.89. The molecular weight excluding hydrogens is 275 g/mol. The van der Waals surface area contributed by atoms with Crippen LogP contribution in [0.15, 0.2) is 36.4 Å². The average molecular weight is 282 g/mol. The van der Waals surface area contributed by atoms with E-state index in [1.165, 1.54) is 24.3 Å². The molecule has 2 aromatic carbocycles. The van der Waals surface area contributed by atoms with Gasteiger partial charge in [0, 0.05) is 10.9 Å². The second kappa shape index (κ2) is 4.31. The number of aromatic nitrogens is 1. The number of hydrogen-bond donors (Lipinski definition) is 1. The first-order chi connectivity index (χ1) is 9.06. The molecule has 0 aliphatic heterocycles. The molecule has 1 N–H and O–H groups in total. The van der Waals surface area contributed by atoms with Crippen LogP contribution in [0.3, 0.4) is 0 Å². The van der Waals surface area contributed by atoms with E-state index in [0.29, 0.717) is 10.9 Å². The Bertz CT molecular complexity index is 720. The molecule has 1 heterocycles. The lowest BCUT2D eigenvalue weighted by molar-refractivity contribution is 0.589. The fraction of sp³-hybridized carbons (Fsp3) is 0. The fourth-order valence-electron chi connectivity index (χ4n) is 2.02. The van der Waals surface area contributed by atoms with Gasteiger partial charge in [-0.15, -0.1) is 0 Å². The molecule has 3 rings (SSSR count). The molecule has 5 heteroatoms. The van der Waals surface area contributed by atoms with Crippen LogP contribution in [0, 0.1) is 17.5 Å². The predicted molar refractivity (Wildman–Crippen MR) is 68.6 cm³/mol. The molecule has 0 atom stereocenters. The molecule has 0 saturated carbocycles. The maximum absolute atomic E-state index is 13.7. The molecule has 0 fully saturated rings. The van der Waals surface area contributed by atoms with E-state index in [1.54, 1.807) is 0 Å². The molecule has 0 saturated heterocycles. The van der Waals surface area contributed by atoms with Gasteiger partial charge in [0.15, 0.2) is 0 Å². The number of rotatable bonds is 1. The highest BCUT2D eigenvalue weighted by Gasteiger charge is 2.14. The zero-order valence-electron chi connectivity index (χ0n) is 9.48. The highest BCUT2D eigenvalue weighted by atomic mass is 35.5. The fourth-order valence-corrected chi connectivity index (χ4v) is 2.19. The summed E-state index contributed by atoms with van der Waals surface area (Å²) in [5, 5.41) is 0.552. The van der Waals surface area contributed by atoms with Crippen LogP contribution >= 0.6 is 11.6 Å². The molecule has 1 aromatic heterocycles. The lowest BCUT2D eigenvalue weighted by atomic mass is 10.1. The van der Waals surface area contributed by atoms with Gasteiger partial charge in [-0.1, -0.05) is 17.7 Å². The van der Waals surface area contributed by atoms with Crippen LogP contribution in [0.25, 0.3) is 22.2 Å². The first-order valence-electron chi connectivity index (χ1n) is 5.48. The van der Waals surface area contributed by atoms with Crippen molar-refractivity contribution in [1.82, 2.24) is 4.98 Å². The zero-order valence-corrected chi connectivity index (χ0v) is 10.2. The van der Waals surface area contributed by atoms with Crippen LogP contribution in [-0.4, -0.2) is 4.98 Å². The predicted octanol–water partition coefficient (Wildman–Crippen LogP) is 4.91. The molecule has 3 aromatic rings. The normalized spacial score (nSPS) is 11.2. The van der Waals surface area contributed by atoms with E-state index >= 15 is 0 Å². The molecule has 19 heavy (non-hydrogen) atoms. The van der Waals surface area contributed by atoms with Crippen LogP contribution < -0.4 is 0 Å². The maximum Gasteiger partial charge on any atom is 0.143 e. The Morgan fingerprint density at radius 3 is 2.26 bits per heavy atom. The molecule has 96 valence electrons. The van der Waals surface area contributed by atoms with Crippen molar-refractivity contribution in [1.29, 1.82) is 0 Å². The van der Waals surface area contributed by atoms with Crippen molar-refractivity contribution in [3.8, 4) is 11.3 Å². The number of H-pyrrole nitrogens is 1. The van der Waals surface area contributed by atoms with Crippen molar-refractivity contribution in [3.63, 3.8) is 0 Å². The van der Waals surface area contributed by atoms with Gasteiger partial charge in [0.25, 0.3) is 0 Å². The summed E-state index contributed by atoms with van der Waals surface area (Å²) >= 11 is 5.67. The van der Waals surface area contributed by atoms with E-state index in [1.807, 2.05) is 0 Å². The highest BCUT2D eigenvalue weighted by molar-refractivity contribution is 6.31. The molecule has 0 unspecified atom stereocenters. The number of aromatic amines is 1. The molecule has 0 aliphatic carbocycles. The third kappa shape index (κ3) is 1.98.